The molecule has 0 radical (unpaired) electrons. The predicted molar refractivity (Wildman–Crippen MR) is 41.7 cm³/mol. The maximum absolute atomic E-state index is 11.5. The standard InChI is InChI=1S/C9H10O3/c1-4-5(2)7(11)9(3)8(12-9)6(4)10/h8H,1-3H3. The van der Waals surface area contributed by atoms with Crippen molar-refractivity contribution in [2.75, 3.05) is 0 Å². The zero-order valence-electron chi connectivity index (χ0n) is 7.30. The minimum absolute atomic E-state index is 0.0328. The van der Waals surface area contributed by atoms with E-state index in [0.29, 0.717) is 11.1 Å². The molecule has 3 nitrogen and oxygen atoms in total. The van der Waals surface area contributed by atoms with Gasteiger partial charge in [0.05, 0.1) is 0 Å². The number of Topliss-reactive ketones (excluding diaryl/α,β-unsaturated/α-hetero) is 2. The van der Waals surface area contributed by atoms with Crippen LogP contribution in [-0.4, -0.2) is 23.3 Å². The fourth-order valence-corrected chi connectivity index (χ4v) is 1.61. The predicted octanol–water partition coefficient (Wildman–Crippen LogP) is 0.632. The summed E-state index contributed by atoms with van der Waals surface area (Å²) in [4.78, 5) is 22.9. The summed E-state index contributed by atoms with van der Waals surface area (Å²) in [6.07, 6.45) is -0.492. The number of ketones is 2. The van der Waals surface area contributed by atoms with Crippen molar-refractivity contribution in [1.82, 2.24) is 0 Å². The second-order valence-corrected chi connectivity index (χ2v) is 3.55. The minimum Gasteiger partial charge on any atom is -0.349 e. The van der Waals surface area contributed by atoms with E-state index in [1.54, 1.807) is 20.8 Å². The summed E-state index contributed by atoms with van der Waals surface area (Å²) in [6.45, 7) is 5.03. The van der Waals surface area contributed by atoms with Crippen molar-refractivity contribution in [2.24, 2.45) is 0 Å². The van der Waals surface area contributed by atoms with Gasteiger partial charge in [-0.05, 0) is 20.8 Å². The Labute approximate surface area is 70.4 Å². The molecule has 0 spiro atoms. The molecule has 64 valence electrons. The van der Waals surface area contributed by atoms with Crippen LogP contribution >= 0.6 is 0 Å². The van der Waals surface area contributed by atoms with Gasteiger partial charge < -0.3 is 4.74 Å². The molecule has 1 heterocycles. The lowest BCUT2D eigenvalue weighted by Crippen LogP contribution is -2.34. The van der Waals surface area contributed by atoms with Gasteiger partial charge in [-0.3, -0.25) is 9.59 Å². The van der Waals surface area contributed by atoms with E-state index in [4.69, 9.17) is 4.74 Å². The van der Waals surface area contributed by atoms with Crippen LogP contribution < -0.4 is 0 Å². The van der Waals surface area contributed by atoms with Crippen LogP contribution in [-0.2, 0) is 14.3 Å². The molecule has 0 amide bonds. The van der Waals surface area contributed by atoms with Gasteiger partial charge in [0, 0.05) is 11.1 Å². The van der Waals surface area contributed by atoms with Gasteiger partial charge in [-0.2, -0.15) is 0 Å². The zero-order valence-corrected chi connectivity index (χ0v) is 7.30. The summed E-state index contributed by atoms with van der Waals surface area (Å²) >= 11 is 0. The average Bonchev–Trinajstić information content (AvgIpc) is 2.72. The van der Waals surface area contributed by atoms with Crippen molar-refractivity contribution in [1.29, 1.82) is 0 Å². The van der Waals surface area contributed by atoms with Gasteiger partial charge >= 0.3 is 0 Å². The van der Waals surface area contributed by atoms with E-state index in [1.807, 2.05) is 0 Å². The summed E-state index contributed by atoms with van der Waals surface area (Å²) in [5, 5.41) is 0. The molecule has 12 heavy (non-hydrogen) atoms. The van der Waals surface area contributed by atoms with E-state index in [9.17, 15) is 9.59 Å². The summed E-state index contributed by atoms with van der Waals surface area (Å²) in [6, 6.07) is 0. The van der Waals surface area contributed by atoms with E-state index in [2.05, 4.69) is 0 Å². The van der Waals surface area contributed by atoms with Gasteiger partial charge in [-0.25, -0.2) is 0 Å². The lowest BCUT2D eigenvalue weighted by molar-refractivity contribution is -0.122. The minimum atomic E-state index is -0.819. The highest BCUT2D eigenvalue weighted by Gasteiger charge is 2.65. The molecule has 0 saturated carbocycles. The molecule has 0 aromatic carbocycles. The Balaban J connectivity index is 2.53. The largest absolute Gasteiger partial charge is 0.349 e. The molecule has 2 atom stereocenters. The van der Waals surface area contributed by atoms with Crippen LogP contribution in [0.2, 0.25) is 0 Å². The summed E-state index contributed by atoms with van der Waals surface area (Å²) in [5.74, 6) is -0.0702. The Hall–Kier alpha value is -0.960. The maximum Gasteiger partial charge on any atom is 0.193 e. The molecule has 0 aromatic heterocycles. The van der Waals surface area contributed by atoms with Crippen molar-refractivity contribution in [3.8, 4) is 0 Å². The molecule has 0 N–H and O–H groups in total. The second kappa shape index (κ2) is 1.85. The second-order valence-electron chi connectivity index (χ2n) is 3.55. The summed E-state index contributed by atoms with van der Waals surface area (Å²) in [7, 11) is 0. The Bertz CT molecular complexity index is 327. The number of epoxide rings is 1. The van der Waals surface area contributed by atoms with Gasteiger partial charge in [0.1, 0.15) is 0 Å². The molecule has 1 fully saturated rings. The van der Waals surface area contributed by atoms with E-state index in [0.717, 1.165) is 0 Å². The van der Waals surface area contributed by atoms with E-state index in [1.165, 1.54) is 0 Å². The Kier molecular flexibility index (Phi) is 1.19. The van der Waals surface area contributed by atoms with E-state index < -0.39 is 11.7 Å². The van der Waals surface area contributed by atoms with Crippen molar-refractivity contribution in [3.63, 3.8) is 0 Å². The van der Waals surface area contributed by atoms with Gasteiger partial charge in [0.2, 0.25) is 0 Å². The Morgan fingerprint density at radius 3 is 2.42 bits per heavy atom. The molecular formula is C9H10O3. The van der Waals surface area contributed by atoms with Crippen molar-refractivity contribution in [3.05, 3.63) is 11.1 Å². The molecule has 1 aliphatic carbocycles. The van der Waals surface area contributed by atoms with Crippen LogP contribution in [0.1, 0.15) is 20.8 Å². The Morgan fingerprint density at radius 2 is 1.83 bits per heavy atom. The average molecular weight is 166 g/mol. The monoisotopic (exact) mass is 166 g/mol. The number of hydrogen-bond donors (Lipinski definition) is 0. The third-order valence-corrected chi connectivity index (χ3v) is 2.77. The van der Waals surface area contributed by atoms with Crippen LogP contribution in [0.5, 0.6) is 0 Å². The molecule has 0 aromatic rings. The molecule has 1 saturated heterocycles. The van der Waals surface area contributed by atoms with Gasteiger partial charge in [-0.15, -0.1) is 0 Å². The highest BCUT2D eigenvalue weighted by atomic mass is 16.6. The number of carbonyl (C=O) groups is 2. The highest BCUT2D eigenvalue weighted by molar-refractivity contribution is 6.20. The van der Waals surface area contributed by atoms with Crippen LogP contribution in [0, 0.1) is 0 Å². The number of ether oxygens (including phenoxy) is 1. The number of hydrogen-bond acceptors (Lipinski definition) is 3. The van der Waals surface area contributed by atoms with E-state index in [-0.39, 0.29) is 11.6 Å². The normalized spacial score (nSPS) is 40.1. The quantitative estimate of drug-likeness (QED) is 0.496. The first-order valence-corrected chi connectivity index (χ1v) is 3.93. The number of carbonyl (C=O) groups excluding carboxylic acids is 2. The van der Waals surface area contributed by atoms with Gasteiger partial charge in [-0.1, -0.05) is 0 Å². The summed E-state index contributed by atoms with van der Waals surface area (Å²) < 4.78 is 5.09. The third-order valence-electron chi connectivity index (χ3n) is 2.77. The molecule has 3 heteroatoms. The lowest BCUT2D eigenvalue weighted by atomic mass is 9.84. The Morgan fingerprint density at radius 1 is 1.25 bits per heavy atom. The molecule has 2 rings (SSSR count). The first-order valence-electron chi connectivity index (χ1n) is 3.93. The molecule has 2 aliphatic rings. The van der Waals surface area contributed by atoms with Crippen LogP contribution in [0.3, 0.4) is 0 Å². The lowest BCUT2D eigenvalue weighted by Gasteiger charge is -2.13. The van der Waals surface area contributed by atoms with Crippen LogP contribution in [0.4, 0.5) is 0 Å². The number of rotatable bonds is 0. The SMILES string of the molecule is CC1=C(C)C(=O)C2(C)OC2C1=O. The van der Waals surface area contributed by atoms with Crippen molar-refractivity contribution >= 4 is 11.6 Å². The molecule has 2 unspecified atom stereocenters. The molecule has 0 bridgehead atoms. The zero-order chi connectivity index (χ0) is 9.09. The fourth-order valence-electron chi connectivity index (χ4n) is 1.61. The van der Waals surface area contributed by atoms with Crippen LogP contribution in [0.15, 0.2) is 11.1 Å². The fraction of sp³-hybridized carbons (Fsp3) is 0.556. The summed E-state index contributed by atoms with van der Waals surface area (Å²) in [5.41, 5.74) is 0.289. The van der Waals surface area contributed by atoms with Crippen molar-refractivity contribution < 1.29 is 14.3 Å². The van der Waals surface area contributed by atoms with Gasteiger partial charge in [0.15, 0.2) is 23.3 Å². The molecule has 1 aliphatic heterocycles. The first kappa shape index (κ1) is 7.68. The van der Waals surface area contributed by atoms with Crippen molar-refractivity contribution in [2.45, 2.75) is 32.5 Å². The first-order chi connectivity index (χ1) is 5.48. The molecular weight excluding hydrogens is 156 g/mol. The number of fused-ring (bicyclic) bond motifs is 1. The maximum atomic E-state index is 11.5. The topological polar surface area (TPSA) is 46.7 Å². The third kappa shape index (κ3) is 0.648. The smallest absolute Gasteiger partial charge is 0.193 e. The van der Waals surface area contributed by atoms with E-state index >= 15 is 0 Å². The van der Waals surface area contributed by atoms with Gasteiger partial charge in [0.25, 0.3) is 0 Å². The highest BCUT2D eigenvalue weighted by Crippen LogP contribution is 2.44. The van der Waals surface area contributed by atoms with Crippen LogP contribution in [0.25, 0.3) is 0 Å².